The first-order chi connectivity index (χ1) is 13.3. The van der Waals surface area contributed by atoms with Gasteiger partial charge in [0.15, 0.2) is 11.5 Å². The highest BCUT2D eigenvalue weighted by Crippen LogP contribution is 2.28. The third kappa shape index (κ3) is 3.43. The SMILES string of the molecule is COc1ccccc1N1CCN(C(=O)c2ccc(-n3cncn3)nn2)CC1. The fourth-order valence-electron chi connectivity index (χ4n) is 3.09. The normalized spacial score (nSPS) is 14.3. The zero-order valence-electron chi connectivity index (χ0n) is 14.9. The van der Waals surface area contributed by atoms with E-state index in [4.69, 9.17) is 4.74 Å². The van der Waals surface area contributed by atoms with Gasteiger partial charge in [0, 0.05) is 26.2 Å². The Bertz CT molecular complexity index is 904. The number of hydrogen-bond donors (Lipinski definition) is 0. The molecule has 0 saturated carbocycles. The van der Waals surface area contributed by atoms with Crippen LogP contribution in [0.5, 0.6) is 5.75 Å². The van der Waals surface area contributed by atoms with Crippen molar-refractivity contribution in [1.29, 1.82) is 0 Å². The quantitative estimate of drug-likeness (QED) is 0.682. The molecular weight excluding hydrogens is 346 g/mol. The van der Waals surface area contributed by atoms with Crippen LogP contribution in [0.3, 0.4) is 0 Å². The molecule has 0 radical (unpaired) electrons. The van der Waals surface area contributed by atoms with Crippen LogP contribution in [0.2, 0.25) is 0 Å². The van der Waals surface area contributed by atoms with E-state index in [1.54, 1.807) is 24.1 Å². The fraction of sp³-hybridized carbons (Fsp3) is 0.278. The number of rotatable bonds is 4. The minimum Gasteiger partial charge on any atom is -0.495 e. The molecule has 0 atom stereocenters. The summed E-state index contributed by atoms with van der Waals surface area (Å²) in [6.07, 6.45) is 2.95. The van der Waals surface area contributed by atoms with Gasteiger partial charge in [-0.15, -0.1) is 10.2 Å². The maximum atomic E-state index is 12.7. The van der Waals surface area contributed by atoms with Crippen LogP contribution in [0.25, 0.3) is 5.82 Å². The second-order valence-corrected chi connectivity index (χ2v) is 6.07. The number of para-hydroxylation sites is 2. The lowest BCUT2D eigenvalue weighted by atomic mass is 10.2. The number of hydrogen-bond acceptors (Lipinski definition) is 7. The van der Waals surface area contributed by atoms with Gasteiger partial charge in [0.1, 0.15) is 18.4 Å². The lowest BCUT2D eigenvalue weighted by molar-refractivity contribution is 0.0739. The van der Waals surface area contributed by atoms with Gasteiger partial charge in [0.2, 0.25) is 0 Å². The number of nitrogens with zero attached hydrogens (tertiary/aromatic N) is 7. The molecule has 138 valence electrons. The molecule has 1 aliphatic heterocycles. The highest BCUT2D eigenvalue weighted by Gasteiger charge is 2.24. The Morgan fingerprint density at radius 1 is 1.04 bits per heavy atom. The highest BCUT2D eigenvalue weighted by molar-refractivity contribution is 5.92. The summed E-state index contributed by atoms with van der Waals surface area (Å²) in [5, 5.41) is 12.1. The van der Waals surface area contributed by atoms with Crippen LogP contribution in [0.15, 0.2) is 49.1 Å². The predicted molar refractivity (Wildman–Crippen MR) is 98.1 cm³/mol. The van der Waals surface area contributed by atoms with Crippen molar-refractivity contribution in [2.75, 3.05) is 38.2 Å². The van der Waals surface area contributed by atoms with Crippen molar-refractivity contribution in [2.45, 2.75) is 0 Å². The minimum atomic E-state index is -0.118. The number of benzene rings is 1. The summed E-state index contributed by atoms with van der Waals surface area (Å²) >= 11 is 0. The average Bonchev–Trinajstić information content (AvgIpc) is 3.28. The van der Waals surface area contributed by atoms with E-state index in [0.29, 0.717) is 24.6 Å². The molecule has 0 unspecified atom stereocenters. The molecule has 1 saturated heterocycles. The van der Waals surface area contributed by atoms with E-state index in [1.165, 1.54) is 17.3 Å². The van der Waals surface area contributed by atoms with E-state index in [2.05, 4.69) is 25.2 Å². The smallest absolute Gasteiger partial charge is 0.274 e. The van der Waals surface area contributed by atoms with Crippen molar-refractivity contribution in [3.8, 4) is 11.6 Å². The number of methoxy groups -OCH3 is 1. The molecule has 3 aromatic rings. The second kappa shape index (κ2) is 7.40. The first-order valence-corrected chi connectivity index (χ1v) is 8.62. The van der Waals surface area contributed by atoms with Gasteiger partial charge in [-0.2, -0.15) is 5.10 Å². The Hall–Kier alpha value is -3.49. The molecule has 1 amide bonds. The van der Waals surface area contributed by atoms with Crippen molar-refractivity contribution in [1.82, 2.24) is 29.9 Å². The first kappa shape index (κ1) is 17.0. The van der Waals surface area contributed by atoms with Gasteiger partial charge < -0.3 is 14.5 Å². The van der Waals surface area contributed by atoms with Crippen LogP contribution >= 0.6 is 0 Å². The van der Waals surface area contributed by atoms with Gasteiger partial charge in [0.25, 0.3) is 5.91 Å². The van der Waals surface area contributed by atoms with Gasteiger partial charge in [-0.3, -0.25) is 4.79 Å². The number of aromatic nitrogens is 5. The van der Waals surface area contributed by atoms with Crippen molar-refractivity contribution in [3.63, 3.8) is 0 Å². The Balaban J connectivity index is 1.41. The molecule has 2 aromatic heterocycles. The van der Waals surface area contributed by atoms with E-state index in [0.717, 1.165) is 24.5 Å². The van der Waals surface area contributed by atoms with Crippen LogP contribution in [0.1, 0.15) is 10.5 Å². The molecule has 0 spiro atoms. The Labute approximate surface area is 156 Å². The molecule has 4 rings (SSSR count). The third-order valence-corrected chi connectivity index (χ3v) is 4.52. The molecule has 1 fully saturated rings. The number of amides is 1. The first-order valence-electron chi connectivity index (χ1n) is 8.62. The summed E-state index contributed by atoms with van der Waals surface area (Å²) in [5.41, 5.74) is 1.37. The zero-order chi connectivity index (χ0) is 18.6. The number of carbonyl (C=O) groups excluding carboxylic acids is 1. The lowest BCUT2D eigenvalue weighted by Gasteiger charge is -2.36. The molecule has 3 heterocycles. The van der Waals surface area contributed by atoms with Crippen LogP contribution in [-0.4, -0.2) is 69.1 Å². The summed E-state index contributed by atoms with van der Waals surface area (Å²) in [6.45, 7) is 2.69. The van der Waals surface area contributed by atoms with E-state index in [9.17, 15) is 4.79 Å². The fourth-order valence-corrected chi connectivity index (χ4v) is 3.09. The highest BCUT2D eigenvalue weighted by atomic mass is 16.5. The molecule has 1 aliphatic rings. The summed E-state index contributed by atoms with van der Waals surface area (Å²) < 4.78 is 6.93. The van der Waals surface area contributed by atoms with E-state index in [1.807, 2.05) is 24.3 Å². The Morgan fingerprint density at radius 3 is 2.52 bits per heavy atom. The van der Waals surface area contributed by atoms with E-state index >= 15 is 0 Å². The Kier molecular flexibility index (Phi) is 4.65. The monoisotopic (exact) mass is 365 g/mol. The maximum Gasteiger partial charge on any atom is 0.274 e. The maximum absolute atomic E-state index is 12.7. The largest absolute Gasteiger partial charge is 0.495 e. The molecule has 9 nitrogen and oxygen atoms in total. The minimum absolute atomic E-state index is 0.118. The van der Waals surface area contributed by atoms with E-state index < -0.39 is 0 Å². The molecule has 0 N–H and O–H groups in total. The zero-order valence-corrected chi connectivity index (χ0v) is 14.9. The molecule has 9 heteroatoms. The Morgan fingerprint density at radius 2 is 1.85 bits per heavy atom. The number of ether oxygens (including phenoxy) is 1. The summed E-state index contributed by atoms with van der Waals surface area (Å²) in [7, 11) is 1.67. The standard InChI is InChI=1S/C18H19N7O2/c1-27-16-5-3-2-4-15(16)23-8-10-24(11-9-23)18(26)14-6-7-17(22-21-14)25-13-19-12-20-25/h2-7,12-13H,8-11H2,1H3. The van der Waals surface area contributed by atoms with Crippen LogP contribution in [0, 0.1) is 0 Å². The molecule has 0 aliphatic carbocycles. The van der Waals surface area contributed by atoms with Crippen LogP contribution in [-0.2, 0) is 0 Å². The number of piperazine rings is 1. The van der Waals surface area contributed by atoms with Gasteiger partial charge >= 0.3 is 0 Å². The lowest BCUT2D eigenvalue weighted by Crippen LogP contribution is -2.49. The molecule has 0 bridgehead atoms. The van der Waals surface area contributed by atoms with E-state index in [-0.39, 0.29) is 5.91 Å². The molecular formula is C18H19N7O2. The molecule has 1 aromatic carbocycles. The van der Waals surface area contributed by atoms with Crippen molar-refractivity contribution in [3.05, 3.63) is 54.7 Å². The predicted octanol–water partition coefficient (Wildman–Crippen LogP) is 1.03. The van der Waals surface area contributed by atoms with Crippen molar-refractivity contribution < 1.29 is 9.53 Å². The number of anilines is 1. The summed E-state index contributed by atoms with van der Waals surface area (Å²) in [6, 6.07) is 11.3. The summed E-state index contributed by atoms with van der Waals surface area (Å²) in [5.74, 6) is 1.24. The second-order valence-electron chi connectivity index (χ2n) is 6.07. The van der Waals surface area contributed by atoms with Crippen LogP contribution < -0.4 is 9.64 Å². The van der Waals surface area contributed by atoms with Gasteiger partial charge in [-0.05, 0) is 24.3 Å². The molecule has 27 heavy (non-hydrogen) atoms. The number of carbonyl (C=O) groups is 1. The summed E-state index contributed by atoms with van der Waals surface area (Å²) in [4.78, 5) is 20.6. The average molecular weight is 365 g/mol. The third-order valence-electron chi connectivity index (χ3n) is 4.52. The van der Waals surface area contributed by atoms with Gasteiger partial charge in [0.05, 0.1) is 12.8 Å². The van der Waals surface area contributed by atoms with Gasteiger partial charge in [-0.25, -0.2) is 9.67 Å². The van der Waals surface area contributed by atoms with Crippen molar-refractivity contribution in [2.24, 2.45) is 0 Å². The van der Waals surface area contributed by atoms with Gasteiger partial charge in [-0.1, -0.05) is 12.1 Å². The topological polar surface area (TPSA) is 89.3 Å². The van der Waals surface area contributed by atoms with Crippen molar-refractivity contribution >= 4 is 11.6 Å². The van der Waals surface area contributed by atoms with Crippen LogP contribution in [0.4, 0.5) is 5.69 Å².